The number of amides is 1. The van der Waals surface area contributed by atoms with Gasteiger partial charge in [0, 0.05) is 20.9 Å². The summed E-state index contributed by atoms with van der Waals surface area (Å²) in [5, 5.41) is 2.95. The maximum Gasteiger partial charge on any atom is 0.248 e. The Kier molecular flexibility index (Phi) is 5.14. The molecule has 0 heterocycles. The van der Waals surface area contributed by atoms with Crippen LogP contribution in [0.1, 0.15) is 5.56 Å². The van der Waals surface area contributed by atoms with Gasteiger partial charge in [-0.05, 0) is 65.1 Å². The van der Waals surface area contributed by atoms with E-state index in [0.717, 1.165) is 3.57 Å². The highest BCUT2D eigenvalue weighted by atomic mass is 127. The lowest BCUT2D eigenvalue weighted by Crippen LogP contribution is -2.07. The van der Waals surface area contributed by atoms with Gasteiger partial charge < -0.3 is 5.32 Å². The first-order valence-corrected chi connectivity index (χ1v) is 7.20. The van der Waals surface area contributed by atoms with E-state index in [9.17, 15) is 9.18 Å². The largest absolute Gasteiger partial charge is 0.323 e. The lowest BCUT2D eigenvalue weighted by molar-refractivity contribution is -0.111. The summed E-state index contributed by atoms with van der Waals surface area (Å²) >= 11 is 8.05. The van der Waals surface area contributed by atoms with E-state index >= 15 is 0 Å². The molecule has 0 radical (unpaired) electrons. The van der Waals surface area contributed by atoms with Crippen LogP contribution in [0.3, 0.4) is 0 Å². The van der Waals surface area contributed by atoms with Gasteiger partial charge in [-0.25, -0.2) is 4.39 Å². The number of halogens is 3. The molecule has 1 amide bonds. The number of carbonyl (C=O) groups excluding carboxylic acids is 1. The Morgan fingerprint density at radius 3 is 2.55 bits per heavy atom. The average molecular weight is 402 g/mol. The molecule has 0 aliphatic heterocycles. The predicted octanol–water partition coefficient (Wildman–Crippen LogP) is 4.74. The maximum absolute atomic E-state index is 13.5. The van der Waals surface area contributed by atoms with Gasteiger partial charge in [0.15, 0.2) is 0 Å². The molecule has 0 saturated heterocycles. The Bertz CT molecular complexity index is 635. The van der Waals surface area contributed by atoms with Crippen LogP contribution in [0.15, 0.2) is 48.5 Å². The van der Waals surface area contributed by atoms with Crippen molar-refractivity contribution in [3.8, 4) is 0 Å². The molecule has 2 nitrogen and oxygen atoms in total. The summed E-state index contributed by atoms with van der Waals surface area (Å²) in [6.45, 7) is 0. The number of hydrogen-bond donors (Lipinski definition) is 1. The summed E-state index contributed by atoms with van der Waals surface area (Å²) < 4.78 is 14.6. The van der Waals surface area contributed by atoms with Crippen molar-refractivity contribution in [2.75, 3.05) is 5.32 Å². The zero-order chi connectivity index (χ0) is 14.5. The first-order valence-electron chi connectivity index (χ1n) is 5.75. The van der Waals surface area contributed by atoms with Crippen molar-refractivity contribution in [1.29, 1.82) is 0 Å². The molecule has 0 spiro atoms. The molecular weight excluding hydrogens is 392 g/mol. The molecule has 20 heavy (non-hydrogen) atoms. The summed E-state index contributed by atoms with van der Waals surface area (Å²) in [6.07, 6.45) is 2.61. The highest BCUT2D eigenvalue weighted by molar-refractivity contribution is 14.1. The zero-order valence-electron chi connectivity index (χ0n) is 10.2. The molecule has 0 bridgehead atoms. The van der Waals surface area contributed by atoms with E-state index < -0.39 is 5.82 Å². The summed E-state index contributed by atoms with van der Waals surface area (Å²) in [7, 11) is 0. The molecule has 5 heteroatoms. The number of rotatable bonds is 3. The summed E-state index contributed by atoms with van der Waals surface area (Å²) in [6, 6.07) is 11.7. The van der Waals surface area contributed by atoms with E-state index in [1.165, 1.54) is 24.3 Å². The normalized spacial score (nSPS) is 10.8. The predicted molar refractivity (Wildman–Crippen MR) is 88.2 cm³/mol. The SMILES string of the molecule is O=C(C=Cc1c(F)cccc1Cl)Nc1ccc(I)cc1. The number of benzene rings is 2. The van der Waals surface area contributed by atoms with E-state index in [0.29, 0.717) is 5.69 Å². The van der Waals surface area contributed by atoms with Crippen molar-refractivity contribution < 1.29 is 9.18 Å². The fourth-order valence-corrected chi connectivity index (χ4v) is 2.13. The third kappa shape index (κ3) is 4.05. The van der Waals surface area contributed by atoms with Crippen LogP contribution < -0.4 is 5.32 Å². The van der Waals surface area contributed by atoms with E-state index in [2.05, 4.69) is 27.9 Å². The minimum absolute atomic E-state index is 0.201. The minimum Gasteiger partial charge on any atom is -0.323 e. The molecule has 0 saturated carbocycles. The van der Waals surface area contributed by atoms with Gasteiger partial charge >= 0.3 is 0 Å². The summed E-state index contributed by atoms with van der Waals surface area (Å²) in [5.74, 6) is -0.804. The number of anilines is 1. The standard InChI is InChI=1S/C15H10ClFINO/c16-13-2-1-3-14(17)12(13)8-9-15(20)19-11-6-4-10(18)5-7-11/h1-9H,(H,19,20). The number of nitrogens with one attached hydrogen (secondary N) is 1. The third-order valence-electron chi connectivity index (χ3n) is 2.51. The molecule has 0 unspecified atom stereocenters. The summed E-state index contributed by atoms with van der Waals surface area (Å²) in [5.41, 5.74) is 0.881. The van der Waals surface area contributed by atoms with E-state index in [1.807, 2.05) is 12.1 Å². The molecule has 0 aliphatic rings. The second-order valence-corrected chi connectivity index (χ2v) is 5.62. The van der Waals surface area contributed by atoms with Gasteiger partial charge in [0.2, 0.25) is 5.91 Å². The van der Waals surface area contributed by atoms with Gasteiger partial charge in [0.25, 0.3) is 0 Å². The quantitative estimate of drug-likeness (QED) is 0.584. The van der Waals surface area contributed by atoms with Crippen LogP contribution in [-0.2, 0) is 4.79 Å². The molecule has 2 rings (SSSR count). The van der Waals surface area contributed by atoms with Crippen LogP contribution in [0, 0.1) is 9.39 Å². The van der Waals surface area contributed by atoms with E-state index in [1.54, 1.807) is 18.2 Å². The first kappa shape index (κ1) is 15.0. The molecule has 0 aromatic heterocycles. The van der Waals surface area contributed by atoms with Crippen molar-refractivity contribution >= 4 is 51.9 Å². The van der Waals surface area contributed by atoms with Gasteiger partial charge in [-0.2, -0.15) is 0 Å². The Morgan fingerprint density at radius 2 is 1.90 bits per heavy atom. The molecular formula is C15H10ClFINO. The van der Waals surface area contributed by atoms with Gasteiger partial charge in [-0.15, -0.1) is 0 Å². The third-order valence-corrected chi connectivity index (χ3v) is 3.56. The highest BCUT2D eigenvalue weighted by Gasteiger charge is 2.04. The fourth-order valence-electron chi connectivity index (χ4n) is 1.55. The van der Waals surface area contributed by atoms with E-state index in [4.69, 9.17) is 11.6 Å². The van der Waals surface area contributed by atoms with Crippen molar-refractivity contribution in [2.45, 2.75) is 0 Å². The lowest BCUT2D eigenvalue weighted by Gasteiger charge is -2.02. The second-order valence-electron chi connectivity index (χ2n) is 3.96. The van der Waals surface area contributed by atoms with Crippen LogP contribution in [-0.4, -0.2) is 5.91 Å². The molecule has 0 atom stereocenters. The van der Waals surface area contributed by atoms with E-state index in [-0.39, 0.29) is 16.5 Å². The smallest absolute Gasteiger partial charge is 0.248 e. The lowest BCUT2D eigenvalue weighted by atomic mass is 10.2. The van der Waals surface area contributed by atoms with Crippen molar-refractivity contribution in [1.82, 2.24) is 0 Å². The second kappa shape index (κ2) is 6.85. The van der Waals surface area contributed by atoms with Gasteiger partial charge in [0.1, 0.15) is 5.82 Å². The first-order chi connectivity index (χ1) is 9.56. The van der Waals surface area contributed by atoms with Crippen molar-refractivity contribution in [3.05, 3.63) is 68.5 Å². The van der Waals surface area contributed by atoms with Crippen LogP contribution in [0.4, 0.5) is 10.1 Å². The molecule has 1 N–H and O–H groups in total. The molecule has 2 aromatic rings. The van der Waals surface area contributed by atoms with Gasteiger partial charge in [-0.3, -0.25) is 4.79 Å². The van der Waals surface area contributed by atoms with Crippen LogP contribution in [0.5, 0.6) is 0 Å². The maximum atomic E-state index is 13.5. The Balaban J connectivity index is 2.08. The van der Waals surface area contributed by atoms with Crippen LogP contribution >= 0.6 is 34.2 Å². The topological polar surface area (TPSA) is 29.1 Å². The molecule has 0 fully saturated rings. The fraction of sp³-hybridized carbons (Fsp3) is 0. The van der Waals surface area contributed by atoms with Crippen LogP contribution in [0.25, 0.3) is 6.08 Å². The Labute approximate surface area is 134 Å². The molecule has 2 aromatic carbocycles. The number of carbonyl (C=O) groups is 1. The zero-order valence-corrected chi connectivity index (χ0v) is 13.2. The molecule has 102 valence electrons. The van der Waals surface area contributed by atoms with Crippen molar-refractivity contribution in [3.63, 3.8) is 0 Å². The minimum atomic E-state index is -0.462. The van der Waals surface area contributed by atoms with Crippen LogP contribution in [0.2, 0.25) is 5.02 Å². The average Bonchev–Trinajstić information content (AvgIpc) is 2.41. The molecule has 0 aliphatic carbocycles. The number of hydrogen-bond acceptors (Lipinski definition) is 1. The summed E-state index contributed by atoms with van der Waals surface area (Å²) in [4.78, 5) is 11.7. The Morgan fingerprint density at radius 1 is 1.20 bits per heavy atom. The Hall–Kier alpha value is -1.40. The van der Waals surface area contributed by atoms with Gasteiger partial charge in [0.05, 0.1) is 5.02 Å². The monoisotopic (exact) mass is 401 g/mol. The van der Waals surface area contributed by atoms with Gasteiger partial charge in [-0.1, -0.05) is 17.7 Å². The van der Waals surface area contributed by atoms with Crippen molar-refractivity contribution in [2.24, 2.45) is 0 Å². The highest BCUT2D eigenvalue weighted by Crippen LogP contribution is 2.20.